The lowest BCUT2D eigenvalue weighted by Crippen LogP contribution is -2.41. The van der Waals surface area contributed by atoms with Crippen LogP contribution in [0.1, 0.15) is 17.8 Å². The van der Waals surface area contributed by atoms with E-state index in [1.54, 1.807) is 4.90 Å². The summed E-state index contributed by atoms with van der Waals surface area (Å²) in [6, 6.07) is 6.11. The molecule has 1 fully saturated rings. The van der Waals surface area contributed by atoms with Gasteiger partial charge in [0.1, 0.15) is 5.82 Å². The molecule has 2 heterocycles. The Hall–Kier alpha value is -2.34. The minimum Gasteiger partial charge on any atom is -0.342 e. The van der Waals surface area contributed by atoms with Gasteiger partial charge in [0.15, 0.2) is 0 Å². The third-order valence-electron chi connectivity index (χ3n) is 5.09. The molecule has 26 heavy (non-hydrogen) atoms. The summed E-state index contributed by atoms with van der Waals surface area (Å²) in [5, 5.41) is 3.06. The number of nitrogens with zero attached hydrogens (tertiary/aromatic N) is 3. The number of carbonyl (C=O) groups is 1. The van der Waals surface area contributed by atoms with Crippen molar-refractivity contribution in [2.45, 2.75) is 19.8 Å². The Morgan fingerprint density at radius 3 is 3.15 bits per heavy atom. The Labute approximate surface area is 155 Å². The molecule has 1 aromatic heterocycles. The first-order chi connectivity index (χ1) is 12.6. The van der Waals surface area contributed by atoms with Crippen LogP contribution < -0.4 is 5.32 Å². The number of aromatic amines is 1. The lowest BCUT2D eigenvalue weighted by molar-refractivity contribution is 0.207. The molecular weight excluding hydrogens is 326 g/mol. The van der Waals surface area contributed by atoms with Gasteiger partial charge in [0, 0.05) is 39.6 Å². The van der Waals surface area contributed by atoms with E-state index in [9.17, 15) is 4.79 Å². The second kappa shape index (κ2) is 8.36. The van der Waals surface area contributed by atoms with E-state index in [1.807, 2.05) is 25.3 Å². The number of urea groups is 1. The molecule has 1 aliphatic rings. The Bertz CT molecular complexity index is 769. The lowest BCUT2D eigenvalue weighted by Gasteiger charge is -2.19. The van der Waals surface area contributed by atoms with Crippen molar-refractivity contribution in [3.63, 3.8) is 0 Å². The molecule has 2 aromatic rings. The van der Waals surface area contributed by atoms with Crippen LogP contribution in [-0.2, 0) is 6.42 Å². The summed E-state index contributed by atoms with van der Waals surface area (Å²) < 4.78 is 0. The summed E-state index contributed by atoms with van der Waals surface area (Å²) in [4.78, 5) is 24.4. The summed E-state index contributed by atoms with van der Waals surface area (Å²) in [6.07, 6.45) is 3.79. The van der Waals surface area contributed by atoms with Crippen molar-refractivity contribution in [1.82, 2.24) is 25.1 Å². The van der Waals surface area contributed by atoms with Crippen LogP contribution in [0.3, 0.4) is 0 Å². The molecule has 1 aliphatic heterocycles. The van der Waals surface area contributed by atoms with Crippen LogP contribution in [0, 0.1) is 12.8 Å². The molecule has 2 N–H and O–H groups in total. The highest BCUT2D eigenvalue weighted by molar-refractivity contribution is 5.78. The average molecular weight is 355 g/mol. The van der Waals surface area contributed by atoms with Gasteiger partial charge in [-0.2, -0.15) is 0 Å². The van der Waals surface area contributed by atoms with Crippen LogP contribution >= 0.6 is 0 Å². The zero-order chi connectivity index (χ0) is 18.5. The zero-order valence-corrected chi connectivity index (χ0v) is 15.8. The SMILES string of the molecule is C=CCN1CC[C@@H](CNC(=O)N(C)CCc2nc3c(C)cccc3[nH]2)C1. The zero-order valence-electron chi connectivity index (χ0n) is 15.8. The first kappa shape index (κ1) is 18.5. The maximum Gasteiger partial charge on any atom is 0.317 e. The Morgan fingerprint density at radius 2 is 2.38 bits per heavy atom. The summed E-state index contributed by atoms with van der Waals surface area (Å²) in [6.45, 7) is 10.3. The molecule has 3 rings (SSSR count). The number of likely N-dealkylation sites (N-methyl/N-ethyl adjacent to an activating group) is 1. The summed E-state index contributed by atoms with van der Waals surface area (Å²) in [5.41, 5.74) is 3.23. The van der Waals surface area contributed by atoms with Gasteiger partial charge in [-0.05, 0) is 37.4 Å². The standard InChI is InChI=1S/C20H29N5O/c1-4-10-25-12-8-16(14-25)13-21-20(26)24(3)11-9-18-22-17-7-5-6-15(2)19(17)23-18/h4-7,16H,1,8-14H2,2-3H3,(H,21,26)(H,22,23)/t16-/m0/s1. The van der Waals surface area contributed by atoms with Gasteiger partial charge in [-0.3, -0.25) is 4.90 Å². The van der Waals surface area contributed by atoms with Crippen LogP contribution in [0.4, 0.5) is 4.79 Å². The number of benzene rings is 1. The number of rotatable bonds is 7. The average Bonchev–Trinajstić information content (AvgIpc) is 3.25. The minimum atomic E-state index is -0.0144. The van der Waals surface area contributed by atoms with Gasteiger partial charge in [-0.25, -0.2) is 9.78 Å². The highest BCUT2D eigenvalue weighted by atomic mass is 16.2. The maximum absolute atomic E-state index is 12.3. The smallest absolute Gasteiger partial charge is 0.317 e. The molecule has 0 bridgehead atoms. The van der Waals surface area contributed by atoms with Crippen LogP contribution in [0.15, 0.2) is 30.9 Å². The summed E-state index contributed by atoms with van der Waals surface area (Å²) in [7, 11) is 1.84. The fourth-order valence-corrected chi connectivity index (χ4v) is 3.51. The van der Waals surface area contributed by atoms with E-state index < -0.39 is 0 Å². The molecule has 0 saturated carbocycles. The monoisotopic (exact) mass is 355 g/mol. The van der Waals surface area contributed by atoms with Gasteiger partial charge >= 0.3 is 6.03 Å². The van der Waals surface area contributed by atoms with Crippen molar-refractivity contribution >= 4 is 17.1 Å². The fourth-order valence-electron chi connectivity index (χ4n) is 3.51. The molecule has 6 heteroatoms. The van der Waals surface area contributed by atoms with Crippen molar-refractivity contribution in [1.29, 1.82) is 0 Å². The number of likely N-dealkylation sites (tertiary alicyclic amines) is 1. The Balaban J connectivity index is 1.44. The molecule has 2 amide bonds. The summed E-state index contributed by atoms with van der Waals surface area (Å²) >= 11 is 0. The number of carbonyl (C=O) groups excluding carboxylic acids is 1. The number of imidazole rings is 1. The van der Waals surface area contributed by atoms with Crippen molar-refractivity contribution in [3.05, 3.63) is 42.2 Å². The number of fused-ring (bicyclic) bond motifs is 1. The van der Waals surface area contributed by atoms with Crippen molar-refractivity contribution in [2.75, 3.05) is 39.8 Å². The maximum atomic E-state index is 12.3. The van der Waals surface area contributed by atoms with Crippen LogP contribution in [0.2, 0.25) is 0 Å². The predicted molar refractivity (Wildman–Crippen MR) is 105 cm³/mol. The first-order valence-electron chi connectivity index (χ1n) is 9.33. The molecule has 0 aliphatic carbocycles. The van der Waals surface area contributed by atoms with Crippen LogP contribution in [0.25, 0.3) is 11.0 Å². The number of nitrogens with one attached hydrogen (secondary N) is 2. The highest BCUT2D eigenvalue weighted by Crippen LogP contribution is 2.16. The normalized spacial score (nSPS) is 17.5. The number of hydrogen-bond donors (Lipinski definition) is 2. The molecule has 140 valence electrons. The molecular formula is C20H29N5O. The van der Waals surface area contributed by atoms with Gasteiger partial charge in [0.05, 0.1) is 11.0 Å². The van der Waals surface area contributed by atoms with E-state index in [1.165, 1.54) is 0 Å². The van der Waals surface area contributed by atoms with Crippen molar-refractivity contribution < 1.29 is 4.79 Å². The molecule has 1 saturated heterocycles. The second-order valence-electron chi connectivity index (χ2n) is 7.22. The molecule has 1 aromatic carbocycles. The van der Waals surface area contributed by atoms with Crippen LogP contribution in [-0.4, -0.2) is 65.6 Å². The third kappa shape index (κ3) is 4.43. The van der Waals surface area contributed by atoms with Crippen LogP contribution in [0.5, 0.6) is 0 Å². The van der Waals surface area contributed by atoms with Gasteiger partial charge in [-0.15, -0.1) is 6.58 Å². The topological polar surface area (TPSA) is 64.3 Å². The number of amides is 2. The third-order valence-corrected chi connectivity index (χ3v) is 5.09. The predicted octanol–water partition coefficient (Wildman–Crippen LogP) is 2.56. The number of aromatic nitrogens is 2. The Morgan fingerprint density at radius 1 is 1.54 bits per heavy atom. The Kier molecular flexibility index (Phi) is 5.93. The van der Waals surface area contributed by atoms with E-state index in [4.69, 9.17) is 0 Å². The van der Waals surface area contributed by atoms with E-state index in [2.05, 4.69) is 39.8 Å². The summed E-state index contributed by atoms with van der Waals surface area (Å²) in [5.74, 6) is 1.45. The molecule has 6 nitrogen and oxygen atoms in total. The molecule has 0 radical (unpaired) electrons. The van der Waals surface area contributed by atoms with Gasteiger partial charge in [0.2, 0.25) is 0 Å². The highest BCUT2D eigenvalue weighted by Gasteiger charge is 2.22. The number of hydrogen-bond acceptors (Lipinski definition) is 3. The minimum absolute atomic E-state index is 0.0144. The largest absolute Gasteiger partial charge is 0.342 e. The second-order valence-corrected chi connectivity index (χ2v) is 7.22. The van der Waals surface area contributed by atoms with Gasteiger partial charge < -0.3 is 15.2 Å². The number of aryl methyl sites for hydroxylation is 1. The molecule has 1 atom stereocenters. The first-order valence-corrected chi connectivity index (χ1v) is 9.33. The van der Waals surface area contributed by atoms with Gasteiger partial charge in [0.25, 0.3) is 0 Å². The number of para-hydroxylation sites is 1. The molecule has 0 spiro atoms. The van der Waals surface area contributed by atoms with E-state index in [-0.39, 0.29) is 6.03 Å². The lowest BCUT2D eigenvalue weighted by atomic mass is 10.1. The van der Waals surface area contributed by atoms with Gasteiger partial charge in [-0.1, -0.05) is 18.2 Å². The van der Waals surface area contributed by atoms with E-state index in [0.717, 1.165) is 55.0 Å². The van der Waals surface area contributed by atoms with E-state index >= 15 is 0 Å². The van der Waals surface area contributed by atoms with Crippen molar-refractivity contribution in [3.8, 4) is 0 Å². The number of H-pyrrole nitrogens is 1. The van der Waals surface area contributed by atoms with Crippen molar-refractivity contribution in [2.24, 2.45) is 5.92 Å². The fraction of sp³-hybridized carbons (Fsp3) is 0.500. The quantitative estimate of drug-likeness (QED) is 0.750. The molecule has 0 unspecified atom stereocenters. The van der Waals surface area contributed by atoms with E-state index in [0.29, 0.717) is 18.9 Å².